The van der Waals surface area contributed by atoms with Crippen molar-refractivity contribution < 1.29 is 27.9 Å². The Hall–Kier alpha value is -3.89. The molecule has 0 atom stereocenters. The van der Waals surface area contributed by atoms with E-state index in [4.69, 9.17) is 21.7 Å². The number of nitrogens with one attached hydrogen (secondary N) is 1. The Labute approximate surface area is 225 Å². The lowest BCUT2D eigenvalue weighted by Crippen LogP contribution is -2.26. The lowest BCUT2D eigenvalue weighted by Gasteiger charge is -2.23. The van der Waals surface area contributed by atoms with Crippen LogP contribution in [0.3, 0.4) is 0 Å². The summed E-state index contributed by atoms with van der Waals surface area (Å²) in [4.78, 5) is 29.4. The summed E-state index contributed by atoms with van der Waals surface area (Å²) in [6, 6.07) is 18.7. The third-order valence-corrected chi connectivity index (χ3v) is 6.75. The van der Waals surface area contributed by atoms with Crippen LogP contribution in [-0.2, 0) is 17.5 Å². The molecule has 0 unspecified atom stereocenters. The molecule has 0 aliphatic heterocycles. The first-order valence-electron chi connectivity index (χ1n) is 11.4. The van der Waals surface area contributed by atoms with Gasteiger partial charge in [-0.2, -0.15) is 13.2 Å². The minimum atomic E-state index is -4.46. The van der Waals surface area contributed by atoms with E-state index in [1.54, 1.807) is 35.2 Å². The van der Waals surface area contributed by atoms with Crippen LogP contribution in [-0.4, -0.2) is 28.5 Å². The van der Waals surface area contributed by atoms with Gasteiger partial charge in [-0.25, -0.2) is 4.98 Å². The summed E-state index contributed by atoms with van der Waals surface area (Å²) < 4.78 is 39.4. The molecule has 11 heteroatoms. The number of amides is 1. The Bertz CT molecular complexity index is 1420. The predicted octanol–water partition coefficient (Wildman–Crippen LogP) is 7.03. The largest absolute Gasteiger partial charge is 0.481 e. The minimum Gasteiger partial charge on any atom is -0.481 e. The second-order valence-corrected chi connectivity index (χ2v) is 9.47. The first-order valence-corrected chi connectivity index (χ1v) is 12.6. The van der Waals surface area contributed by atoms with Gasteiger partial charge in [0.15, 0.2) is 5.13 Å². The summed E-state index contributed by atoms with van der Waals surface area (Å²) in [6.07, 6.45) is -4.64. The van der Waals surface area contributed by atoms with Gasteiger partial charge < -0.3 is 15.3 Å². The lowest BCUT2D eigenvalue weighted by atomic mass is 10.1. The third kappa shape index (κ3) is 6.70. The smallest absolute Gasteiger partial charge is 0.416 e. The summed E-state index contributed by atoms with van der Waals surface area (Å²) in [7, 11) is 0. The number of aliphatic carboxylic acids is 1. The van der Waals surface area contributed by atoms with Crippen LogP contribution in [0.2, 0.25) is 5.02 Å². The van der Waals surface area contributed by atoms with Crippen molar-refractivity contribution in [2.24, 2.45) is 0 Å². The molecule has 2 N–H and O–H groups in total. The molecule has 6 nitrogen and oxygen atoms in total. The third-order valence-electron chi connectivity index (χ3n) is 5.56. The molecule has 4 aromatic rings. The predicted molar refractivity (Wildman–Crippen MR) is 141 cm³/mol. The van der Waals surface area contributed by atoms with E-state index in [1.165, 1.54) is 23.5 Å². The van der Waals surface area contributed by atoms with Gasteiger partial charge in [-0.3, -0.25) is 9.59 Å². The molecule has 0 bridgehead atoms. The van der Waals surface area contributed by atoms with Gasteiger partial charge in [-0.15, -0.1) is 11.3 Å². The standard InChI is InChI=1S/C27H21ClF3N3O3S/c28-22-4-2-1-3-21(22)23-16-38-26(33-23)34(20-11-9-19(10-12-20)27(29,30)31)15-17-5-7-18(8-6-17)25(37)32-14-13-24(35)36/h1-12,16H,13-15H2,(H,32,37)(H,35,36). The van der Waals surface area contributed by atoms with E-state index in [0.29, 0.717) is 27.1 Å². The number of aromatic nitrogens is 1. The molecule has 1 amide bonds. The Balaban J connectivity index is 1.61. The number of hydrogen-bond donors (Lipinski definition) is 2. The van der Waals surface area contributed by atoms with Crippen LogP contribution in [0.1, 0.15) is 27.9 Å². The van der Waals surface area contributed by atoms with Crippen LogP contribution in [0, 0.1) is 0 Å². The highest BCUT2D eigenvalue weighted by Gasteiger charge is 2.30. The van der Waals surface area contributed by atoms with E-state index in [9.17, 15) is 22.8 Å². The first kappa shape index (κ1) is 27.2. The molecule has 0 spiro atoms. The highest BCUT2D eigenvalue weighted by Crippen LogP contribution is 2.37. The van der Waals surface area contributed by atoms with E-state index >= 15 is 0 Å². The Morgan fingerprint density at radius 2 is 1.68 bits per heavy atom. The van der Waals surface area contributed by atoms with Crippen molar-refractivity contribution in [1.82, 2.24) is 10.3 Å². The maximum Gasteiger partial charge on any atom is 0.416 e. The normalized spacial score (nSPS) is 11.3. The number of carboxylic acids is 1. The molecule has 0 aliphatic rings. The molecule has 4 rings (SSSR count). The zero-order valence-electron chi connectivity index (χ0n) is 19.7. The number of thiazole rings is 1. The summed E-state index contributed by atoms with van der Waals surface area (Å²) in [5, 5.41) is 14.2. The number of anilines is 2. The fourth-order valence-electron chi connectivity index (χ4n) is 3.61. The Morgan fingerprint density at radius 1 is 1.00 bits per heavy atom. The fourth-order valence-corrected chi connectivity index (χ4v) is 4.69. The number of benzene rings is 3. The topological polar surface area (TPSA) is 82.5 Å². The zero-order valence-corrected chi connectivity index (χ0v) is 21.3. The molecule has 0 fully saturated rings. The molecule has 0 saturated heterocycles. The number of carbonyl (C=O) groups is 2. The first-order chi connectivity index (χ1) is 18.1. The van der Waals surface area contributed by atoms with Gasteiger partial charge in [0.25, 0.3) is 5.91 Å². The van der Waals surface area contributed by atoms with Gasteiger partial charge in [-0.05, 0) is 48.0 Å². The van der Waals surface area contributed by atoms with Crippen molar-refractivity contribution in [1.29, 1.82) is 0 Å². The summed E-state index contributed by atoms with van der Waals surface area (Å²) >= 11 is 7.65. The molecule has 1 heterocycles. The van der Waals surface area contributed by atoms with Crippen molar-refractivity contribution in [3.8, 4) is 11.3 Å². The van der Waals surface area contributed by atoms with E-state index in [1.807, 2.05) is 23.6 Å². The van der Waals surface area contributed by atoms with Crippen LogP contribution in [0.5, 0.6) is 0 Å². The number of alkyl halides is 3. The van der Waals surface area contributed by atoms with Crippen LogP contribution in [0.25, 0.3) is 11.3 Å². The second-order valence-electron chi connectivity index (χ2n) is 8.22. The van der Waals surface area contributed by atoms with Crippen LogP contribution in [0.4, 0.5) is 24.0 Å². The monoisotopic (exact) mass is 559 g/mol. The van der Waals surface area contributed by atoms with Crippen molar-refractivity contribution in [2.45, 2.75) is 19.1 Å². The molecule has 1 aromatic heterocycles. The number of carbonyl (C=O) groups excluding carboxylic acids is 1. The molecule has 3 aromatic carbocycles. The average molecular weight is 560 g/mol. The van der Waals surface area contributed by atoms with E-state index in [2.05, 4.69) is 5.32 Å². The maximum atomic E-state index is 13.1. The molecule has 38 heavy (non-hydrogen) atoms. The van der Waals surface area contributed by atoms with E-state index in [-0.39, 0.29) is 19.5 Å². The van der Waals surface area contributed by atoms with Crippen LogP contribution >= 0.6 is 22.9 Å². The van der Waals surface area contributed by atoms with E-state index < -0.39 is 23.6 Å². The Morgan fingerprint density at radius 3 is 2.32 bits per heavy atom. The zero-order chi connectivity index (χ0) is 27.3. The quantitative estimate of drug-likeness (QED) is 0.230. The molecule has 196 valence electrons. The highest BCUT2D eigenvalue weighted by molar-refractivity contribution is 7.14. The summed E-state index contributed by atoms with van der Waals surface area (Å²) in [6.45, 7) is 0.275. The number of rotatable bonds is 9. The van der Waals surface area contributed by atoms with Crippen molar-refractivity contribution in [3.63, 3.8) is 0 Å². The average Bonchev–Trinajstić information content (AvgIpc) is 3.37. The van der Waals surface area contributed by atoms with Gasteiger partial charge in [0.1, 0.15) is 0 Å². The molecular weight excluding hydrogens is 539 g/mol. The maximum absolute atomic E-state index is 13.1. The number of halogens is 4. The van der Waals surface area contributed by atoms with E-state index in [0.717, 1.165) is 23.3 Å². The lowest BCUT2D eigenvalue weighted by molar-refractivity contribution is -0.138. The molecule has 0 saturated carbocycles. The molecular formula is C27H21ClF3N3O3S. The van der Waals surface area contributed by atoms with Gasteiger partial charge in [0, 0.05) is 33.8 Å². The Kier molecular flexibility index (Phi) is 8.33. The van der Waals surface area contributed by atoms with Crippen LogP contribution in [0.15, 0.2) is 78.2 Å². The SMILES string of the molecule is O=C(O)CCNC(=O)c1ccc(CN(c2ccc(C(F)(F)F)cc2)c2nc(-c3ccccc3Cl)cs2)cc1. The number of nitrogens with zero attached hydrogens (tertiary/aromatic N) is 2. The fraction of sp³-hybridized carbons (Fsp3) is 0.148. The van der Waals surface area contributed by atoms with Crippen molar-refractivity contribution in [3.05, 3.63) is 99.9 Å². The van der Waals surface area contributed by atoms with Crippen LogP contribution < -0.4 is 10.2 Å². The number of hydrogen-bond acceptors (Lipinski definition) is 5. The molecule has 0 aliphatic carbocycles. The summed E-state index contributed by atoms with van der Waals surface area (Å²) in [5.74, 6) is -1.41. The summed E-state index contributed by atoms with van der Waals surface area (Å²) in [5.41, 5.74) is 2.27. The second kappa shape index (κ2) is 11.7. The van der Waals surface area contributed by atoms with Crippen molar-refractivity contribution in [2.75, 3.05) is 11.4 Å². The van der Waals surface area contributed by atoms with Crippen molar-refractivity contribution >= 4 is 45.6 Å². The highest BCUT2D eigenvalue weighted by atomic mass is 35.5. The van der Waals surface area contributed by atoms with Gasteiger partial charge >= 0.3 is 12.1 Å². The number of carboxylic acid groups (broad SMARTS) is 1. The minimum absolute atomic E-state index is 0.00935. The molecule has 0 radical (unpaired) electrons. The van der Waals surface area contributed by atoms with Gasteiger partial charge in [-0.1, -0.05) is 41.9 Å². The van der Waals surface area contributed by atoms with Gasteiger partial charge in [0.2, 0.25) is 0 Å². The van der Waals surface area contributed by atoms with Gasteiger partial charge in [0.05, 0.1) is 24.2 Å².